The highest BCUT2D eigenvalue weighted by Crippen LogP contribution is 2.25. The molecule has 2 unspecified atom stereocenters. The third kappa shape index (κ3) is 4.61. The highest BCUT2D eigenvalue weighted by molar-refractivity contribution is 9.09. The molecule has 1 rings (SSSR count). The fraction of sp³-hybridized carbons (Fsp3) is 0.929. The predicted octanol–water partition coefficient (Wildman–Crippen LogP) is 3.69. The molecule has 1 amide bonds. The molecule has 100 valence electrons. The Balaban J connectivity index is 2.52. The van der Waals surface area contributed by atoms with E-state index >= 15 is 0 Å². The van der Waals surface area contributed by atoms with Crippen molar-refractivity contribution in [2.24, 2.45) is 17.8 Å². The molecule has 17 heavy (non-hydrogen) atoms. The van der Waals surface area contributed by atoms with E-state index < -0.39 is 0 Å². The average Bonchev–Trinajstić information content (AvgIpc) is 2.49. The number of amides is 1. The molecule has 0 aliphatic carbocycles. The zero-order valence-corrected chi connectivity index (χ0v) is 13.0. The van der Waals surface area contributed by atoms with Crippen LogP contribution in [0.4, 0.5) is 0 Å². The third-order valence-corrected chi connectivity index (χ3v) is 4.98. The van der Waals surface area contributed by atoms with Crippen LogP contribution in [0, 0.1) is 17.8 Å². The van der Waals surface area contributed by atoms with Crippen LogP contribution in [0.25, 0.3) is 0 Å². The molecule has 0 radical (unpaired) electrons. The van der Waals surface area contributed by atoms with Crippen LogP contribution in [0.2, 0.25) is 0 Å². The van der Waals surface area contributed by atoms with E-state index in [9.17, 15) is 4.79 Å². The fourth-order valence-corrected chi connectivity index (χ4v) is 3.18. The lowest BCUT2D eigenvalue weighted by atomic mass is 9.89. The van der Waals surface area contributed by atoms with Crippen LogP contribution in [0.3, 0.4) is 0 Å². The van der Waals surface area contributed by atoms with Gasteiger partial charge >= 0.3 is 0 Å². The van der Waals surface area contributed by atoms with Crippen LogP contribution in [0.5, 0.6) is 0 Å². The van der Waals surface area contributed by atoms with Crippen LogP contribution in [-0.4, -0.2) is 29.2 Å². The Kier molecular flexibility index (Phi) is 6.53. The monoisotopic (exact) mass is 303 g/mol. The lowest BCUT2D eigenvalue weighted by molar-refractivity contribution is -0.131. The van der Waals surface area contributed by atoms with E-state index in [0.717, 1.165) is 43.6 Å². The zero-order chi connectivity index (χ0) is 12.8. The molecule has 0 aromatic heterocycles. The fourth-order valence-electron chi connectivity index (χ4n) is 2.52. The van der Waals surface area contributed by atoms with E-state index in [1.807, 2.05) is 0 Å². The van der Waals surface area contributed by atoms with Gasteiger partial charge in [-0.3, -0.25) is 4.79 Å². The Morgan fingerprint density at radius 1 is 1.41 bits per heavy atom. The molecule has 1 saturated heterocycles. The molecule has 0 spiro atoms. The molecule has 1 aliphatic heterocycles. The van der Waals surface area contributed by atoms with Gasteiger partial charge in [0.05, 0.1) is 0 Å². The van der Waals surface area contributed by atoms with Crippen molar-refractivity contribution in [3.8, 4) is 0 Å². The highest BCUT2D eigenvalue weighted by Gasteiger charge is 2.25. The van der Waals surface area contributed by atoms with E-state index in [2.05, 4.69) is 41.6 Å². The summed E-state index contributed by atoms with van der Waals surface area (Å²) in [5.41, 5.74) is 0. The molecule has 0 aromatic carbocycles. The zero-order valence-electron chi connectivity index (χ0n) is 11.4. The van der Waals surface area contributed by atoms with Crippen LogP contribution >= 0.6 is 15.9 Å². The van der Waals surface area contributed by atoms with Crippen molar-refractivity contribution in [1.82, 2.24) is 4.90 Å². The van der Waals surface area contributed by atoms with E-state index in [1.165, 1.54) is 6.42 Å². The molecular weight excluding hydrogens is 278 g/mol. The second-order valence-corrected chi connectivity index (χ2v) is 6.25. The maximum Gasteiger partial charge on any atom is 0.222 e. The van der Waals surface area contributed by atoms with Crippen molar-refractivity contribution in [2.45, 2.75) is 46.5 Å². The summed E-state index contributed by atoms with van der Waals surface area (Å²) in [6.07, 6.45) is 4.16. The van der Waals surface area contributed by atoms with Crippen molar-refractivity contribution in [3.63, 3.8) is 0 Å². The number of rotatable bonds is 5. The van der Waals surface area contributed by atoms with Crippen molar-refractivity contribution in [3.05, 3.63) is 0 Å². The second-order valence-electron chi connectivity index (χ2n) is 5.60. The predicted molar refractivity (Wildman–Crippen MR) is 76.3 cm³/mol. The van der Waals surface area contributed by atoms with Crippen LogP contribution in [-0.2, 0) is 4.79 Å². The quantitative estimate of drug-likeness (QED) is 0.709. The van der Waals surface area contributed by atoms with Gasteiger partial charge in [-0.05, 0) is 30.6 Å². The first-order valence-corrected chi connectivity index (χ1v) is 8.04. The number of likely N-dealkylation sites (tertiary alicyclic amines) is 1. The maximum atomic E-state index is 12.1. The summed E-state index contributed by atoms with van der Waals surface area (Å²) in [6, 6.07) is 0. The van der Waals surface area contributed by atoms with Gasteiger partial charge in [0.2, 0.25) is 5.91 Å². The first kappa shape index (κ1) is 15.0. The smallest absolute Gasteiger partial charge is 0.222 e. The van der Waals surface area contributed by atoms with Gasteiger partial charge in [-0.25, -0.2) is 0 Å². The van der Waals surface area contributed by atoms with E-state index in [4.69, 9.17) is 0 Å². The van der Waals surface area contributed by atoms with E-state index in [0.29, 0.717) is 17.7 Å². The van der Waals surface area contributed by atoms with E-state index in [1.54, 1.807) is 0 Å². The normalized spacial score (nSPS) is 23.9. The highest BCUT2D eigenvalue weighted by atomic mass is 79.9. The van der Waals surface area contributed by atoms with Gasteiger partial charge in [-0.2, -0.15) is 0 Å². The molecule has 0 bridgehead atoms. The number of carbonyl (C=O) groups is 1. The summed E-state index contributed by atoms with van der Waals surface area (Å²) in [5, 5.41) is 1.00. The number of carbonyl (C=O) groups excluding carboxylic acids is 1. The maximum absolute atomic E-state index is 12.1. The summed E-state index contributed by atoms with van der Waals surface area (Å²) in [5.74, 6) is 2.41. The Bertz CT molecular complexity index is 238. The first-order chi connectivity index (χ1) is 8.08. The SMILES string of the molecule is CCC(CBr)CN1CCC(C(C)C)CCC1=O. The summed E-state index contributed by atoms with van der Waals surface area (Å²) in [6.45, 7) is 8.65. The Morgan fingerprint density at radius 3 is 2.65 bits per heavy atom. The second kappa shape index (κ2) is 7.40. The lowest BCUT2D eigenvalue weighted by Crippen LogP contribution is -2.35. The molecule has 0 saturated carbocycles. The third-order valence-electron chi connectivity index (χ3n) is 4.07. The van der Waals surface area contributed by atoms with Crippen LogP contribution in [0.15, 0.2) is 0 Å². The largest absolute Gasteiger partial charge is 0.342 e. The van der Waals surface area contributed by atoms with Crippen molar-refractivity contribution < 1.29 is 4.79 Å². The minimum Gasteiger partial charge on any atom is -0.342 e. The van der Waals surface area contributed by atoms with Gasteiger partial charge in [0, 0.05) is 24.8 Å². The van der Waals surface area contributed by atoms with Crippen LogP contribution < -0.4 is 0 Å². The molecule has 0 N–H and O–H groups in total. The molecule has 1 fully saturated rings. The summed E-state index contributed by atoms with van der Waals surface area (Å²) >= 11 is 3.54. The van der Waals surface area contributed by atoms with Gasteiger partial charge < -0.3 is 4.90 Å². The summed E-state index contributed by atoms with van der Waals surface area (Å²) < 4.78 is 0. The number of hydrogen-bond donors (Lipinski definition) is 0. The van der Waals surface area contributed by atoms with Gasteiger partial charge in [-0.1, -0.05) is 43.1 Å². The number of nitrogens with zero attached hydrogens (tertiary/aromatic N) is 1. The lowest BCUT2D eigenvalue weighted by Gasteiger charge is -2.25. The minimum atomic E-state index is 0.368. The molecule has 1 heterocycles. The summed E-state index contributed by atoms with van der Waals surface area (Å²) in [4.78, 5) is 14.2. The molecule has 3 heteroatoms. The molecule has 2 nitrogen and oxygen atoms in total. The number of alkyl halides is 1. The van der Waals surface area contributed by atoms with Crippen molar-refractivity contribution >= 4 is 21.8 Å². The molecule has 1 aliphatic rings. The first-order valence-electron chi connectivity index (χ1n) is 6.92. The van der Waals surface area contributed by atoms with Crippen LogP contribution in [0.1, 0.15) is 46.5 Å². The van der Waals surface area contributed by atoms with Crippen molar-refractivity contribution in [1.29, 1.82) is 0 Å². The standard InChI is InChI=1S/C14H26BrNO/c1-4-12(9-15)10-16-8-7-13(11(2)3)5-6-14(16)17/h11-13H,4-10H2,1-3H3. The molecule has 0 aromatic rings. The Hall–Kier alpha value is -0.0500. The minimum absolute atomic E-state index is 0.368. The van der Waals surface area contributed by atoms with Gasteiger partial charge in [0.25, 0.3) is 0 Å². The number of halogens is 1. The topological polar surface area (TPSA) is 20.3 Å². The van der Waals surface area contributed by atoms with Gasteiger partial charge in [0.15, 0.2) is 0 Å². The Morgan fingerprint density at radius 2 is 2.12 bits per heavy atom. The van der Waals surface area contributed by atoms with Crippen molar-refractivity contribution in [2.75, 3.05) is 18.4 Å². The average molecular weight is 304 g/mol. The van der Waals surface area contributed by atoms with E-state index in [-0.39, 0.29) is 0 Å². The number of hydrogen-bond acceptors (Lipinski definition) is 1. The summed E-state index contributed by atoms with van der Waals surface area (Å²) in [7, 11) is 0. The molecular formula is C14H26BrNO. The van der Waals surface area contributed by atoms with Gasteiger partial charge in [-0.15, -0.1) is 0 Å². The van der Waals surface area contributed by atoms with Gasteiger partial charge in [0.1, 0.15) is 0 Å². The Labute approximate surface area is 114 Å². The molecule has 2 atom stereocenters.